The van der Waals surface area contributed by atoms with Crippen LogP contribution in [-0.2, 0) is 11.2 Å². The fraction of sp³-hybridized carbons (Fsp3) is 0.333. The topological polar surface area (TPSA) is 9.23 Å². The summed E-state index contributed by atoms with van der Waals surface area (Å²) in [5.41, 5.74) is -0.202. The SMILES string of the molecule is COCCc1ccccc1[B-](F)(F)F. The Labute approximate surface area is 80.9 Å². The summed E-state index contributed by atoms with van der Waals surface area (Å²) in [6.45, 7) is -4.60. The van der Waals surface area contributed by atoms with E-state index < -0.39 is 12.4 Å². The number of hydrogen-bond acceptors (Lipinski definition) is 1. The molecule has 0 aliphatic carbocycles. The van der Waals surface area contributed by atoms with Crippen LogP contribution >= 0.6 is 0 Å². The van der Waals surface area contributed by atoms with Gasteiger partial charge in [-0.1, -0.05) is 29.8 Å². The van der Waals surface area contributed by atoms with Crippen LogP contribution in [0.2, 0.25) is 0 Å². The number of benzene rings is 1. The Hall–Kier alpha value is -0.965. The Morgan fingerprint density at radius 1 is 1.21 bits per heavy atom. The van der Waals surface area contributed by atoms with E-state index in [1.165, 1.54) is 19.2 Å². The molecule has 0 atom stereocenters. The van der Waals surface area contributed by atoms with Crippen molar-refractivity contribution < 1.29 is 17.7 Å². The predicted molar refractivity (Wildman–Crippen MR) is 50.7 cm³/mol. The Bertz CT molecular complexity index is 298. The Balaban J connectivity index is 2.92. The Morgan fingerprint density at radius 2 is 1.86 bits per heavy atom. The zero-order valence-electron chi connectivity index (χ0n) is 7.84. The van der Waals surface area contributed by atoms with Gasteiger partial charge in [-0.15, -0.1) is 5.46 Å². The van der Waals surface area contributed by atoms with Gasteiger partial charge in [0.15, 0.2) is 0 Å². The molecule has 1 rings (SSSR count). The molecular weight excluding hydrogens is 192 g/mol. The third-order valence-corrected chi connectivity index (χ3v) is 1.98. The van der Waals surface area contributed by atoms with E-state index in [0.717, 1.165) is 6.07 Å². The molecule has 0 N–H and O–H groups in total. The van der Waals surface area contributed by atoms with E-state index >= 15 is 0 Å². The summed E-state index contributed by atoms with van der Waals surface area (Å²) < 4.78 is 42.2. The van der Waals surface area contributed by atoms with Crippen LogP contribution in [0.4, 0.5) is 12.9 Å². The molecular formula is C9H11BF3O-. The second-order valence-electron chi connectivity index (χ2n) is 3.02. The molecule has 0 aliphatic rings. The predicted octanol–water partition coefficient (Wildman–Crippen LogP) is 1.93. The Kier molecular flexibility index (Phi) is 3.58. The van der Waals surface area contributed by atoms with Crippen LogP contribution in [0.1, 0.15) is 5.56 Å². The van der Waals surface area contributed by atoms with Crippen molar-refractivity contribution in [1.29, 1.82) is 0 Å². The first-order chi connectivity index (χ1) is 6.55. The first-order valence-electron chi connectivity index (χ1n) is 4.32. The van der Waals surface area contributed by atoms with Gasteiger partial charge in [-0.2, -0.15) is 0 Å². The molecule has 0 unspecified atom stereocenters. The summed E-state index contributed by atoms with van der Waals surface area (Å²) in [6, 6.07) is 5.62. The van der Waals surface area contributed by atoms with Gasteiger partial charge in [0.1, 0.15) is 0 Å². The molecule has 0 spiro atoms. The van der Waals surface area contributed by atoms with Crippen molar-refractivity contribution in [2.75, 3.05) is 13.7 Å². The molecule has 0 aromatic heterocycles. The second-order valence-corrected chi connectivity index (χ2v) is 3.02. The summed E-state index contributed by atoms with van der Waals surface area (Å²) in [5, 5.41) is 0. The Morgan fingerprint density at radius 3 is 2.43 bits per heavy atom. The highest BCUT2D eigenvalue weighted by atomic mass is 19.4. The van der Waals surface area contributed by atoms with Crippen LogP contribution in [0, 0.1) is 0 Å². The average Bonchev–Trinajstić information content (AvgIpc) is 2.14. The lowest BCUT2D eigenvalue weighted by atomic mass is 9.76. The maximum absolute atomic E-state index is 12.5. The van der Waals surface area contributed by atoms with Crippen molar-refractivity contribution in [3.63, 3.8) is 0 Å². The molecule has 0 fully saturated rings. The lowest BCUT2D eigenvalue weighted by Gasteiger charge is -2.19. The number of halogens is 3. The van der Waals surface area contributed by atoms with Gasteiger partial charge in [0.25, 0.3) is 0 Å². The van der Waals surface area contributed by atoms with Crippen molar-refractivity contribution >= 4 is 12.4 Å². The van der Waals surface area contributed by atoms with E-state index in [1.807, 2.05) is 0 Å². The normalized spacial score (nSPS) is 11.7. The molecule has 0 aliphatic heterocycles. The van der Waals surface area contributed by atoms with Crippen LogP contribution in [0.25, 0.3) is 0 Å². The van der Waals surface area contributed by atoms with E-state index in [4.69, 9.17) is 4.74 Å². The third-order valence-electron chi connectivity index (χ3n) is 1.98. The third kappa shape index (κ3) is 2.77. The summed E-state index contributed by atoms with van der Waals surface area (Å²) in [4.78, 5) is 0. The molecule has 0 bridgehead atoms. The van der Waals surface area contributed by atoms with E-state index in [2.05, 4.69) is 0 Å². The largest absolute Gasteiger partial charge is 0.509 e. The lowest BCUT2D eigenvalue weighted by molar-refractivity contribution is 0.202. The molecule has 1 nitrogen and oxygen atoms in total. The number of rotatable bonds is 4. The van der Waals surface area contributed by atoms with Crippen molar-refractivity contribution in [2.24, 2.45) is 0 Å². The molecule has 1 aromatic carbocycles. The highest BCUT2D eigenvalue weighted by Crippen LogP contribution is 2.12. The van der Waals surface area contributed by atoms with Gasteiger partial charge in [0.2, 0.25) is 0 Å². The molecule has 5 heteroatoms. The van der Waals surface area contributed by atoms with Crippen LogP contribution in [-0.4, -0.2) is 20.7 Å². The second kappa shape index (κ2) is 4.51. The molecule has 0 amide bonds. The summed E-state index contributed by atoms with van der Waals surface area (Å²) in [7, 11) is 1.47. The highest BCUT2D eigenvalue weighted by Gasteiger charge is 2.27. The smallest absolute Gasteiger partial charge is 0.445 e. The van der Waals surface area contributed by atoms with Gasteiger partial charge >= 0.3 is 6.98 Å². The average molecular weight is 203 g/mol. The van der Waals surface area contributed by atoms with Gasteiger partial charge in [0.05, 0.1) is 6.61 Å². The number of hydrogen-bond donors (Lipinski definition) is 0. The van der Waals surface area contributed by atoms with Gasteiger partial charge in [-0.25, -0.2) is 0 Å². The van der Waals surface area contributed by atoms with Crippen molar-refractivity contribution in [1.82, 2.24) is 0 Å². The standard InChI is InChI=1S/C9H11BF3O/c1-14-7-6-8-4-2-3-5-9(8)10(11,12)13/h2-5H,6-7H2,1H3/q-1. The maximum Gasteiger partial charge on any atom is 0.509 e. The van der Waals surface area contributed by atoms with Crippen molar-refractivity contribution in [3.8, 4) is 0 Å². The van der Waals surface area contributed by atoms with E-state index in [0.29, 0.717) is 18.6 Å². The molecule has 0 saturated heterocycles. The minimum atomic E-state index is -4.91. The maximum atomic E-state index is 12.5. The first-order valence-corrected chi connectivity index (χ1v) is 4.32. The van der Waals surface area contributed by atoms with Crippen LogP contribution < -0.4 is 5.46 Å². The molecule has 78 valence electrons. The summed E-state index contributed by atoms with van der Waals surface area (Å²) in [6.07, 6.45) is 0.300. The van der Waals surface area contributed by atoms with Crippen molar-refractivity contribution in [2.45, 2.75) is 6.42 Å². The quantitative estimate of drug-likeness (QED) is 0.679. The summed E-state index contributed by atoms with van der Waals surface area (Å²) >= 11 is 0. The van der Waals surface area contributed by atoms with Crippen molar-refractivity contribution in [3.05, 3.63) is 29.8 Å². The highest BCUT2D eigenvalue weighted by molar-refractivity contribution is 6.74. The fourth-order valence-electron chi connectivity index (χ4n) is 1.29. The zero-order chi connectivity index (χ0) is 10.6. The number of methoxy groups -OCH3 is 1. The van der Waals surface area contributed by atoms with E-state index in [-0.39, 0.29) is 0 Å². The van der Waals surface area contributed by atoms with Gasteiger partial charge in [-0.05, 0) is 6.42 Å². The summed E-state index contributed by atoms with van der Waals surface area (Å²) in [5.74, 6) is 0. The molecule has 1 aromatic rings. The van der Waals surface area contributed by atoms with Gasteiger partial charge < -0.3 is 17.7 Å². The number of ether oxygens (including phenoxy) is 1. The van der Waals surface area contributed by atoms with Crippen LogP contribution in [0.5, 0.6) is 0 Å². The van der Waals surface area contributed by atoms with Crippen LogP contribution in [0.3, 0.4) is 0 Å². The molecule has 0 saturated carbocycles. The van der Waals surface area contributed by atoms with Crippen LogP contribution in [0.15, 0.2) is 24.3 Å². The van der Waals surface area contributed by atoms with Gasteiger partial charge in [-0.3, -0.25) is 0 Å². The minimum Gasteiger partial charge on any atom is -0.445 e. The monoisotopic (exact) mass is 203 g/mol. The lowest BCUT2D eigenvalue weighted by Crippen LogP contribution is -2.37. The molecule has 14 heavy (non-hydrogen) atoms. The molecule has 0 heterocycles. The zero-order valence-corrected chi connectivity index (χ0v) is 7.84. The van der Waals surface area contributed by atoms with E-state index in [9.17, 15) is 12.9 Å². The fourth-order valence-corrected chi connectivity index (χ4v) is 1.29. The molecule has 0 radical (unpaired) electrons. The minimum absolute atomic E-state index is 0.300. The van der Waals surface area contributed by atoms with E-state index in [1.54, 1.807) is 6.07 Å². The van der Waals surface area contributed by atoms with Gasteiger partial charge in [0, 0.05) is 7.11 Å². The first kappa shape index (κ1) is 11.1.